The molecule has 3 atom stereocenters. The molecule has 0 saturated carbocycles. The van der Waals surface area contributed by atoms with Gasteiger partial charge in [0.2, 0.25) is 5.91 Å². The Kier molecular flexibility index (Phi) is 4.67. The minimum absolute atomic E-state index is 0.236. The van der Waals surface area contributed by atoms with Crippen LogP contribution in [-0.4, -0.2) is 59.8 Å². The lowest BCUT2D eigenvalue weighted by Gasteiger charge is -2.30. The van der Waals surface area contributed by atoms with Crippen molar-refractivity contribution in [1.82, 2.24) is 9.21 Å². The van der Waals surface area contributed by atoms with Crippen LogP contribution in [0.15, 0.2) is 21.7 Å². The number of nitrogens with zero attached hydrogens (tertiary/aromatic N) is 2. The molecule has 0 radical (unpaired) electrons. The maximum atomic E-state index is 12.9. The molecule has 2 fully saturated rings. The van der Waals surface area contributed by atoms with Gasteiger partial charge in [0.1, 0.15) is 10.3 Å². The Bertz CT molecular complexity index is 731. The lowest BCUT2D eigenvalue weighted by molar-refractivity contribution is -0.143. The lowest BCUT2D eigenvalue weighted by Crippen LogP contribution is -2.49. The van der Waals surface area contributed by atoms with E-state index in [1.807, 2.05) is 0 Å². The van der Waals surface area contributed by atoms with E-state index in [0.29, 0.717) is 32.4 Å². The van der Waals surface area contributed by atoms with Gasteiger partial charge in [-0.05, 0) is 37.6 Å². The fourth-order valence-corrected chi connectivity index (χ4v) is 6.34. The van der Waals surface area contributed by atoms with Crippen LogP contribution >= 0.6 is 11.3 Å². The maximum absolute atomic E-state index is 12.9. The predicted octanol–water partition coefficient (Wildman–Crippen LogP) is 1.22. The molecule has 3 rings (SSSR count). The lowest BCUT2D eigenvalue weighted by atomic mass is 10.0. The molecule has 3 unspecified atom stereocenters. The summed E-state index contributed by atoms with van der Waals surface area (Å²) in [7, 11) is -3.68. The number of rotatable bonds is 4. The average molecular weight is 372 g/mol. The summed E-state index contributed by atoms with van der Waals surface area (Å²) >= 11 is 1.14. The van der Waals surface area contributed by atoms with Gasteiger partial charge in [-0.2, -0.15) is 4.31 Å². The summed E-state index contributed by atoms with van der Waals surface area (Å²) < 4.78 is 27.0. The average Bonchev–Trinajstić information content (AvgIpc) is 3.26. The van der Waals surface area contributed by atoms with Crippen LogP contribution in [0.25, 0.3) is 0 Å². The van der Waals surface area contributed by atoms with E-state index in [0.717, 1.165) is 11.3 Å². The van der Waals surface area contributed by atoms with Crippen molar-refractivity contribution in [3.05, 3.63) is 17.5 Å². The Morgan fingerprint density at radius 1 is 1.29 bits per heavy atom. The van der Waals surface area contributed by atoms with Crippen molar-refractivity contribution in [2.75, 3.05) is 13.1 Å². The van der Waals surface area contributed by atoms with E-state index in [2.05, 4.69) is 0 Å². The third kappa shape index (κ3) is 2.84. The molecular formula is C15H20N2O5S2. The highest BCUT2D eigenvalue weighted by molar-refractivity contribution is 7.91. The van der Waals surface area contributed by atoms with Crippen LogP contribution in [0.1, 0.15) is 26.2 Å². The molecule has 0 spiro atoms. The largest absolute Gasteiger partial charge is 0.481 e. The number of hydrogen-bond donors (Lipinski definition) is 1. The van der Waals surface area contributed by atoms with Crippen LogP contribution in [0.2, 0.25) is 0 Å². The summed E-state index contributed by atoms with van der Waals surface area (Å²) in [4.78, 5) is 25.7. The van der Waals surface area contributed by atoms with Crippen molar-refractivity contribution in [2.24, 2.45) is 5.92 Å². The summed E-state index contributed by atoms with van der Waals surface area (Å²) in [6, 6.07) is 2.07. The fraction of sp³-hybridized carbons (Fsp3) is 0.600. The van der Waals surface area contributed by atoms with Crippen molar-refractivity contribution in [1.29, 1.82) is 0 Å². The van der Waals surface area contributed by atoms with E-state index in [4.69, 9.17) is 0 Å². The van der Waals surface area contributed by atoms with Crippen molar-refractivity contribution in [2.45, 2.75) is 42.5 Å². The van der Waals surface area contributed by atoms with Gasteiger partial charge in [0.25, 0.3) is 10.0 Å². The topological polar surface area (TPSA) is 95.0 Å². The van der Waals surface area contributed by atoms with Crippen molar-refractivity contribution < 1.29 is 23.1 Å². The molecule has 1 aromatic heterocycles. The summed E-state index contributed by atoms with van der Waals surface area (Å²) in [6.07, 6.45) is 1.52. The highest BCUT2D eigenvalue weighted by atomic mass is 32.2. The van der Waals surface area contributed by atoms with Crippen LogP contribution in [0.5, 0.6) is 0 Å². The number of likely N-dealkylation sites (tertiary alicyclic amines) is 1. The van der Waals surface area contributed by atoms with Gasteiger partial charge in [-0.1, -0.05) is 6.07 Å². The van der Waals surface area contributed by atoms with Gasteiger partial charge in [0.15, 0.2) is 0 Å². The van der Waals surface area contributed by atoms with Gasteiger partial charge in [-0.15, -0.1) is 11.3 Å². The summed E-state index contributed by atoms with van der Waals surface area (Å²) in [5, 5.41) is 10.9. The van der Waals surface area contributed by atoms with Gasteiger partial charge in [0.05, 0.1) is 5.92 Å². The van der Waals surface area contributed by atoms with Crippen LogP contribution < -0.4 is 0 Å². The Hall–Kier alpha value is -1.45. The second kappa shape index (κ2) is 6.45. The molecule has 9 heteroatoms. The van der Waals surface area contributed by atoms with Crippen molar-refractivity contribution in [3.8, 4) is 0 Å². The van der Waals surface area contributed by atoms with Crippen molar-refractivity contribution in [3.63, 3.8) is 0 Å². The molecule has 2 saturated heterocycles. The number of thiophene rings is 1. The Labute approximate surface area is 144 Å². The summed E-state index contributed by atoms with van der Waals surface area (Å²) in [5.41, 5.74) is 0. The summed E-state index contributed by atoms with van der Waals surface area (Å²) in [6.45, 7) is 2.40. The molecule has 0 bridgehead atoms. The molecule has 2 aliphatic rings. The number of amides is 1. The minimum atomic E-state index is -3.68. The van der Waals surface area contributed by atoms with Gasteiger partial charge in [-0.25, -0.2) is 8.42 Å². The monoisotopic (exact) mass is 372 g/mol. The molecule has 1 N–H and O–H groups in total. The molecular weight excluding hydrogens is 352 g/mol. The third-order valence-electron chi connectivity index (χ3n) is 4.90. The summed E-state index contributed by atoms with van der Waals surface area (Å²) in [5.74, 6) is -1.77. The quantitative estimate of drug-likeness (QED) is 0.857. The molecule has 0 aliphatic carbocycles. The first-order chi connectivity index (χ1) is 11.3. The van der Waals surface area contributed by atoms with E-state index in [1.54, 1.807) is 24.4 Å². The van der Waals surface area contributed by atoms with Crippen LogP contribution in [0.3, 0.4) is 0 Å². The van der Waals surface area contributed by atoms with Crippen LogP contribution in [-0.2, 0) is 19.6 Å². The molecule has 24 heavy (non-hydrogen) atoms. The third-order valence-corrected chi connectivity index (χ3v) is 8.18. The smallest absolute Gasteiger partial charge is 0.308 e. The first-order valence-corrected chi connectivity index (χ1v) is 10.2. The van der Waals surface area contributed by atoms with Gasteiger partial charge in [0, 0.05) is 19.1 Å². The predicted molar refractivity (Wildman–Crippen MR) is 88.2 cm³/mol. The number of aliphatic carboxylic acids is 1. The van der Waals surface area contributed by atoms with Crippen molar-refractivity contribution >= 4 is 33.2 Å². The number of carbonyl (C=O) groups is 2. The fourth-order valence-electron chi connectivity index (χ4n) is 3.57. The minimum Gasteiger partial charge on any atom is -0.481 e. The maximum Gasteiger partial charge on any atom is 0.308 e. The number of carboxylic acids is 1. The zero-order chi connectivity index (χ0) is 17.5. The van der Waals surface area contributed by atoms with Crippen LogP contribution in [0.4, 0.5) is 0 Å². The molecule has 3 heterocycles. The van der Waals surface area contributed by atoms with Gasteiger partial charge in [-0.3, -0.25) is 9.59 Å². The first-order valence-electron chi connectivity index (χ1n) is 7.92. The molecule has 132 valence electrons. The standard InChI is InChI=1S/C15H20N2O5S2/c1-10-11(15(19)20)6-8-16(10)14(18)12-4-2-7-17(12)24(21,22)13-5-3-9-23-13/h3,5,9-12H,2,4,6-8H2,1H3,(H,19,20). The van der Waals surface area contributed by atoms with E-state index < -0.39 is 34.0 Å². The molecule has 7 nitrogen and oxygen atoms in total. The SMILES string of the molecule is CC1C(C(=O)O)CCN1C(=O)C1CCCN1S(=O)(=O)c1cccs1. The van der Waals surface area contributed by atoms with E-state index in [1.165, 1.54) is 9.21 Å². The molecule has 1 aromatic rings. The van der Waals surface area contributed by atoms with E-state index >= 15 is 0 Å². The highest BCUT2D eigenvalue weighted by Gasteiger charge is 2.45. The van der Waals surface area contributed by atoms with E-state index in [-0.39, 0.29) is 10.1 Å². The highest BCUT2D eigenvalue weighted by Crippen LogP contribution is 2.32. The molecule has 0 aromatic carbocycles. The van der Waals surface area contributed by atoms with Gasteiger partial charge >= 0.3 is 5.97 Å². The zero-order valence-corrected chi connectivity index (χ0v) is 14.9. The Morgan fingerprint density at radius 3 is 2.62 bits per heavy atom. The number of carboxylic acid groups (broad SMARTS) is 1. The molecule has 2 aliphatic heterocycles. The van der Waals surface area contributed by atoms with E-state index in [9.17, 15) is 23.1 Å². The second-order valence-corrected chi connectivity index (χ2v) is 9.28. The number of carbonyl (C=O) groups excluding carboxylic acids is 1. The second-order valence-electron chi connectivity index (χ2n) is 6.21. The Morgan fingerprint density at radius 2 is 2.04 bits per heavy atom. The normalized spacial score (nSPS) is 28.4. The van der Waals surface area contributed by atoms with Crippen LogP contribution in [0, 0.1) is 5.92 Å². The Balaban J connectivity index is 1.81. The molecule has 1 amide bonds. The van der Waals surface area contributed by atoms with Gasteiger partial charge < -0.3 is 10.0 Å². The first kappa shape index (κ1) is 17.4. The zero-order valence-electron chi connectivity index (χ0n) is 13.3. The number of hydrogen-bond acceptors (Lipinski definition) is 5. The number of sulfonamides is 1.